The molecular weight excluding hydrogens is 242 g/mol. The van der Waals surface area contributed by atoms with Crippen LogP contribution in [0.5, 0.6) is 0 Å². The number of carbonyl (C=O) groups excluding carboxylic acids is 3. The summed E-state index contributed by atoms with van der Waals surface area (Å²) in [6, 6.07) is 0. The minimum Gasteiger partial charge on any atom is -0.463 e. The van der Waals surface area contributed by atoms with Gasteiger partial charge in [-0.25, -0.2) is 14.4 Å². The summed E-state index contributed by atoms with van der Waals surface area (Å²) in [6.07, 6.45) is 1.90. The Labute approximate surface area is 105 Å². The van der Waals surface area contributed by atoms with Gasteiger partial charge in [0.25, 0.3) is 0 Å². The number of hydrogen-bond acceptors (Lipinski definition) is 6. The van der Waals surface area contributed by atoms with E-state index in [1.54, 1.807) is 6.92 Å². The highest BCUT2D eigenvalue weighted by molar-refractivity contribution is 5.91. The molecule has 0 atom stereocenters. The van der Waals surface area contributed by atoms with Crippen molar-refractivity contribution in [3.8, 4) is 0 Å². The molecule has 0 aromatic heterocycles. The van der Waals surface area contributed by atoms with E-state index >= 15 is 0 Å². The van der Waals surface area contributed by atoms with Crippen LogP contribution in [0.1, 0.15) is 13.3 Å². The van der Waals surface area contributed by atoms with Gasteiger partial charge in [0.05, 0.1) is 20.3 Å². The lowest BCUT2D eigenvalue weighted by Gasteiger charge is -2.03. The molecule has 0 aliphatic heterocycles. The van der Waals surface area contributed by atoms with E-state index in [-0.39, 0.29) is 13.2 Å². The van der Waals surface area contributed by atoms with E-state index in [1.165, 1.54) is 7.11 Å². The summed E-state index contributed by atoms with van der Waals surface area (Å²) in [5, 5.41) is 2.43. The van der Waals surface area contributed by atoms with Crippen molar-refractivity contribution >= 4 is 18.0 Å². The van der Waals surface area contributed by atoms with Gasteiger partial charge in [0.2, 0.25) is 0 Å². The molecule has 0 saturated carbocycles. The fourth-order valence-electron chi connectivity index (χ4n) is 0.882. The second-order valence-corrected chi connectivity index (χ2v) is 3.02. The van der Waals surface area contributed by atoms with Crippen molar-refractivity contribution in [3.63, 3.8) is 0 Å². The van der Waals surface area contributed by atoms with Crippen LogP contribution in [-0.4, -0.2) is 44.9 Å². The summed E-state index contributed by atoms with van der Waals surface area (Å²) in [4.78, 5) is 32.6. The van der Waals surface area contributed by atoms with Crippen LogP contribution in [0.25, 0.3) is 0 Å². The van der Waals surface area contributed by atoms with Crippen LogP contribution in [0.3, 0.4) is 0 Å². The predicted molar refractivity (Wildman–Crippen MR) is 61.8 cm³/mol. The number of nitrogens with one attached hydrogen (secondary N) is 1. The van der Waals surface area contributed by atoms with Crippen molar-refractivity contribution in [2.24, 2.45) is 0 Å². The quantitative estimate of drug-likeness (QED) is 0.308. The Morgan fingerprint density at radius 2 is 1.72 bits per heavy atom. The number of alkyl carbamates (subject to hydrolysis) is 1. The lowest BCUT2D eigenvalue weighted by Crippen LogP contribution is -2.25. The smallest absolute Gasteiger partial charge is 0.406 e. The van der Waals surface area contributed by atoms with Crippen LogP contribution in [0.4, 0.5) is 4.79 Å². The molecule has 7 heteroatoms. The monoisotopic (exact) mass is 259 g/mol. The van der Waals surface area contributed by atoms with Crippen LogP contribution in [0.2, 0.25) is 0 Å². The molecule has 0 heterocycles. The molecule has 0 saturated heterocycles. The zero-order valence-corrected chi connectivity index (χ0v) is 10.4. The molecule has 0 aliphatic carbocycles. The van der Waals surface area contributed by atoms with Gasteiger partial charge in [-0.15, -0.1) is 0 Å². The first-order chi connectivity index (χ1) is 8.60. The average Bonchev–Trinajstić information content (AvgIpc) is 2.36. The van der Waals surface area contributed by atoms with Crippen molar-refractivity contribution < 1.29 is 28.6 Å². The van der Waals surface area contributed by atoms with Crippen molar-refractivity contribution in [2.75, 3.05) is 26.9 Å². The minimum atomic E-state index is -0.638. The first-order valence-electron chi connectivity index (χ1n) is 5.43. The summed E-state index contributed by atoms with van der Waals surface area (Å²) < 4.78 is 13.7. The second kappa shape index (κ2) is 10.1. The zero-order chi connectivity index (χ0) is 13.8. The van der Waals surface area contributed by atoms with Crippen LogP contribution < -0.4 is 5.32 Å². The van der Waals surface area contributed by atoms with Crippen molar-refractivity contribution in [2.45, 2.75) is 13.3 Å². The third-order valence-corrected chi connectivity index (χ3v) is 1.66. The molecule has 0 bridgehead atoms. The maximum Gasteiger partial charge on any atom is 0.406 e. The van der Waals surface area contributed by atoms with Crippen molar-refractivity contribution in [3.05, 3.63) is 12.2 Å². The van der Waals surface area contributed by atoms with Crippen molar-refractivity contribution in [1.82, 2.24) is 5.32 Å². The van der Waals surface area contributed by atoms with Gasteiger partial charge >= 0.3 is 18.0 Å². The maximum atomic E-state index is 11.1. The van der Waals surface area contributed by atoms with E-state index in [4.69, 9.17) is 4.74 Å². The number of carbonyl (C=O) groups is 3. The van der Waals surface area contributed by atoms with Gasteiger partial charge in [0.15, 0.2) is 0 Å². The predicted octanol–water partition coefficient (Wildman–Crippen LogP) is 0.395. The zero-order valence-electron chi connectivity index (χ0n) is 10.4. The second-order valence-electron chi connectivity index (χ2n) is 3.02. The molecule has 0 aromatic carbocycles. The number of amides is 1. The van der Waals surface area contributed by atoms with Gasteiger partial charge in [-0.1, -0.05) is 0 Å². The Morgan fingerprint density at radius 1 is 1.11 bits per heavy atom. The first kappa shape index (κ1) is 16.0. The van der Waals surface area contributed by atoms with Crippen LogP contribution in [0.15, 0.2) is 12.2 Å². The number of methoxy groups -OCH3 is 1. The first-order valence-corrected chi connectivity index (χ1v) is 5.43. The topological polar surface area (TPSA) is 90.9 Å². The SMILES string of the molecule is CCOC(=O)/C=C/C(=O)OCCCNC(=O)OC. The fraction of sp³-hybridized carbons (Fsp3) is 0.545. The van der Waals surface area contributed by atoms with Crippen molar-refractivity contribution in [1.29, 1.82) is 0 Å². The molecule has 0 aromatic rings. The van der Waals surface area contributed by atoms with E-state index in [1.807, 2.05) is 0 Å². The molecule has 102 valence electrons. The summed E-state index contributed by atoms with van der Waals surface area (Å²) in [5.74, 6) is -1.23. The van der Waals surface area contributed by atoms with E-state index in [9.17, 15) is 14.4 Å². The number of hydrogen-bond donors (Lipinski definition) is 1. The van der Waals surface area contributed by atoms with Crippen LogP contribution in [0, 0.1) is 0 Å². The molecule has 1 amide bonds. The lowest BCUT2D eigenvalue weighted by atomic mass is 10.4. The highest BCUT2D eigenvalue weighted by atomic mass is 16.5. The maximum absolute atomic E-state index is 11.1. The Balaban J connectivity index is 3.59. The Bertz CT molecular complexity index is 313. The highest BCUT2D eigenvalue weighted by Gasteiger charge is 2.01. The molecule has 7 nitrogen and oxygen atoms in total. The molecule has 0 aliphatic rings. The standard InChI is InChI=1S/C11H17NO6/c1-3-17-9(13)5-6-10(14)18-8-4-7-12-11(15)16-2/h5-6H,3-4,7-8H2,1-2H3,(H,12,15)/b6-5+. The van der Waals surface area contributed by atoms with E-state index in [0.29, 0.717) is 13.0 Å². The summed E-state index contributed by atoms with van der Waals surface area (Å²) in [6.45, 7) is 2.38. The minimum absolute atomic E-state index is 0.135. The molecule has 0 radical (unpaired) electrons. The third kappa shape index (κ3) is 9.20. The molecular formula is C11H17NO6. The van der Waals surface area contributed by atoms with E-state index < -0.39 is 18.0 Å². The number of esters is 2. The van der Waals surface area contributed by atoms with Gasteiger partial charge in [0.1, 0.15) is 0 Å². The summed E-state index contributed by atoms with van der Waals surface area (Å²) in [5.41, 5.74) is 0. The molecule has 0 fully saturated rings. The van der Waals surface area contributed by atoms with Gasteiger partial charge in [-0.3, -0.25) is 0 Å². The Morgan fingerprint density at radius 3 is 2.28 bits per heavy atom. The Kier molecular flexibility index (Phi) is 8.97. The van der Waals surface area contributed by atoms with Gasteiger partial charge in [-0.2, -0.15) is 0 Å². The molecule has 0 unspecified atom stereocenters. The molecule has 1 N–H and O–H groups in total. The number of rotatable bonds is 7. The molecule has 0 spiro atoms. The normalized spacial score (nSPS) is 9.89. The third-order valence-electron chi connectivity index (χ3n) is 1.66. The van der Waals surface area contributed by atoms with Gasteiger partial charge < -0.3 is 19.5 Å². The van der Waals surface area contributed by atoms with Crippen LogP contribution >= 0.6 is 0 Å². The largest absolute Gasteiger partial charge is 0.463 e. The van der Waals surface area contributed by atoms with E-state index in [0.717, 1.165) is 12.2 Å². The Hall–Kier alpha value is -2.05. The summed E-state index contributed by atoms with van der Waals surface area (Å²) >= 11 is 0. The average molecular weight is 259 g/mol. The van der Waals surface area contributed by atoms with E-state index in [2.05, 4.69) is 14.8 Å². The summed E-state index contributed by atoms with van der Waals surface area (Å²) in [7, 11) is 1.26. The van der Waals surface area contributed by atoms with Gasteiger partial charge in [-0.05, 0) is 13.3 Å². The number of ether oxygens (including phenoxy) is 3. The lowest BCUT2D eigenvalue weighted by molar-refractivity contribution is -0.140. The fourth-order valence-corrected chi connectivity index (χ4v) is 0.882. The highest BCUT2D eigenvalue weighted by Crippen LogP contribution is 1.88. The van der Waals surface area contributed by atoms with Crippen LogP contribution in [-0.2, 0) is 23.8 Å². The molecule has 18 heavy (non-hydrogen) atoms. The van der Waals surface area contributed by atoms with Gasteiger partial charge in [0, 0.05) is 18.7 Å². The molecule has 0 rings (SSSR count).